The summed E-state index contributed by atoms with van der Waals surface area (Å²) in [5.74, 6) is 3.08. The quantitative estimate of drug-likeness (QED) is 0.347. The molecule has 0 N–H and O–H groups in total. The van der Waals surface area contributed by atoms with Gasteiger partial charge in [0.25, 0.3) is 0 Å². The normalized spacial score (nSPS) is 12.1. The lowest BCUT2D eigenvalue weighted by atomic mass is 10.1. The second-order valence-electron chi connectivity index (χ2n) is 7.05. The van der Waals surface area contributed by atoms with E-state index in [0.29, 0.717) is 11.1 Å². The van der Waals surface area contributed by atoms with Gasteiger partial charge in [0.1, 0.15) is 19.2 Å². The molecular formula is C16H21N3O2Si. The number of nitrogens with zero attached hydrogens (tertiary/aromatic N) is 3. The zero-order valence-electron chi connectivity index (χ0n) is 13.9. The Morgan fingerprint density at radius 3 is 2.50 bits per heavy atom. The van der Waals surface area contributed by atoms with Gasteiger partial charge in [-0.25, -0.2) is 0 Å². The van der Waals surface area contributed by atoms with Crippen LogP contribution < -0.4 is 0 Å². The third-order valence-electron chi connectivity index (χ3n) is 4.44. The molecule has 1 aromatic heterocycles. The van der Waals surface area contributed by atoms with Crippen molar-refractivity contribution >= 4 is 24.7 Å². The smallest absolute Gasteiger partial charge is 0.261 e. The van der Waals surface area contributed by atoms with Crippen LogP contribution in [0.5, 0.6) is 0 Å². The van der Waals surface area contributed by atoms with E-state index < -0.39 is 8.07 Å². The first-order chi connectivity index (χ1) is 10.0. The first-order valence-corrected chi connectivity index (χ1v) is 10.2. The lowest BCUT2D eigenvalue weighted by Gasteiger charge is -2.31. The molecule has 0 aliphatic heterocycles. The summed E-state index contributed by atoms with van der Waals surface area (Å²) >= 11 is 0. The molecule has 0 unspecified atom stereocenters. The lowest BCUT2D eigenvalue weighted by Crippen LogP contribution is -2.35. The number of nitro groups is 1. The van der Waals surface area contributed by atoms with E-state index in [9.17, 15) is 10.1 Å². The van der Waals surface area contributed by atoms with Crippen molar-refractivity contribution in [3.8, 4) is 11.5 Å². The number of hydrogen-bond donors (Lipinski definition) is 0. The Hall–Kier alpha value is -2.13. The van der Waals surface area contributed by atoms with Crippen LogP contribution in [0.3, 0.4) is 0 Å². The van der Waals surface area contributed by atoms with E-state index in [-0.39, 0.29) is 15.6 Å². The number of aromatic nitrogens is 2. The van der Waals surface area contributed by atoms with Gasteiger partial charge in [-0.1, -0.05) is 39.8 Å². The van der Waals surface area contributed by atoms with E-state index in [1.807, 2.05) is 6.07 Å². The summed E-state index contributed by atoms with van der Waals surface area (Å²) in [7, 11) is -0.108. The minimum Gasteiger partial charge on any atom is -0.261 e. The van der Waals surface area contributed by atoms with Crippen molar-refractivity contribution in [1.29, 1.82) is 0 Å². The van der Waals surface area contributed by atoms with Gasteiger partial charge in [0.2, 0.25) is 0 Å². The van der Waals surface area contributed by atoms with Gasteiger partial charge in [0, 0.05) is 12.4 Å². The van der Waals surface area contributed by atoms with E-state index in [0.717, 1.165) is 5.39 Å². The van der Waals surface area contributed by atoms with Crippen molar-refractivity contribution < 1.29 is 4.92 Å². The highest BCUT2D eigenvalue weighted by Crippen LogP contribution is 2.35. The zero-order chi connectivity index (χ0) is 16.7. The number of nitro benzene ring substituents is 1. The van der Waals surface area contributed by atoms with Crippen LogP contribution in [-0.4, -0.2) is 22.8 Å². The van der Waals surface area contributed by atoms with Gasteiger partial charge in [0.05, 0.1) is 11.1 Å². The van der Waals surface area contributed by atoms with Gasteiger partial charge in [-0.3, -0.25) is 14.8 Å². The summed E-state index contributed by atoms with van der Waals surface area (Å²) in [5.41, 5.74) is 4.37. The highest BCUT2D eigenvalue weighted by Gasteiger charge is 2.34. The Kier molecular flexibility index (Phi) is 3.88. The Balaban J connectivity index is 2.66. The number of hydrogen-bond acceptors (Lipinski definition) is 3. The maximum absolute atomic E-state index is 11.5. The average molecular weight is 315 g/mol. The van der Waals surface area contributed by atoms with Crippen LogP contribution in [0.4, 0.5) is 5.69 Å². The van der Waals surface area contributed by atoms with Crippen molar-refractivity contribution in [2.24, 2.45) is 7.05 Å². The predicted molar refractivity (Wildman–Crippen MR) is 91.4 cm³/mol. The standard InChI is InChI=1S/C16H21N3O2Si/c1-16(2,3)22(5,6)10-9-12-7-8-13-11-17-18(4)14(13)15(12)19(20)21/h7-8,11H,1-6H3. The molecule has 0 saturated heterocycles. The Bertz CT molecular complexity index is 804. The van der Waals surface area contributed by atoms with Crippen LogP contribution in [0.15, 0.2) is 18.3 Å². The molecule has 0 bridgehead atoms. The van der Waals surface area contributed by atoms with Crippen LogP contribution in [0.25, 0.3) is 10.9 Å². The van der Waals surface area contributed by atoms with Crippen LogP contribution in [-0.2, 0) is 7.05 Å². The highest BCUT2D eigenvalue weighted by molar-refractivity contribution is 6.87. The van der Waals surface area contributed by atoms with Crippen molar-refractivity contribution in [2.45, 2.75) is 38.9 Å². The molecule has 0 amide bonds. The fraction of sp³-hybridized carbons (Fsp3) is 0.438. The lowest BCUT2D eigenvalue weighted by molar-refractivity contribution is -0.383. The van der Waals surface area contributed by atoms with Crippen LogP contribution >= 0.6 is 0 Å². The van der Waals surface area contributed by atoms with Gasteiger partial charge in [-0.2, -0.15) is 5.10 Å². The molecular weight excluding hydrogens is 294 g/mol. The first-order valence-electron chi connectivity index (χ1n) is 7.17. The molecule has 1 heterocycles. The molecule has 0 aliphatic carbocycles. The maximum atomic E-state index is 11.5. The van der Waals surface area contributed by atoms with Crippen LogP contribution in [0, 0.1) is 21.6 Å². The Labute approximate surface area is 131 Å². The van der Waals surface area contributed by atoms with E-state index >= 15 is 0 Å². The van der Waals surface area contributed by atoms with E-state index in [4.69, 9.17) is 0 Å². The second kappa shape index (κ2) is 5.25. The SMILES string of the molecule is Cn1ncc2ccc(C#C[Si](C)(C)C(C)(C)C)c([N+](=O)[O-])c21. The van der Waals surface area contributed by atoms with E-state index in [1.54, 1.807) is 19.3 Å². The maximum Gasteiger partial charge on any atom is 0.310 e. The molecule has 6 heteroatoms. The monoisotopic (exact) mass is 315 g/mol. The molecule has 116 valence electrons. The van der Waals surface area contributed by atoms with Gasteiger partial charge in [-0.15, -0.1) is 5.54 Å². The minimum absolute atomic E-state index is 0.0451. The molecule has 0 saturated carbocycles. The van der Waals surface area contributed by atoms with E-state index in [1.165, 1.54) is 4.68 Å². The first kappa shape index (κ1) is 16.2. The molecule has 22 heavy (non-hydrogen) atoms. The Morgan fingerprint density at radius 1 is 1.32 bits per heavy atom. The molecule has 0 fully saturated rings. The second-order valence-corrected chi connectivity index (χ2v) is 12.0. The van der Waals surface area contributed by atoms with Gasteiger partial charge in [-0.05, 0) is 17.2 Å². The summed E-state index contributed by atoms with van der Waals surface area (Å²) < 4.78 is 1.53. The Morgan fingerprint density at radius 2 is 1.95 bits per heavy atom. The highest BCUT2D eigenvalue weighted by atomic mass is 28.3. The molecule has 0 radical (unpaired) electrons. The summed E-state index contributed by atoms with van der Waals surface area (Å²) in [4.78, 5) is 11.2. The van der Waals surface area contributed by atoms with Crippen molar-refractivity contribution in [3.63, 3.8) is 0 Å². The largest absolute Gasteiger partial charge is 0.310 e. The minimum atomic E-state index is -1.82. The predicted octanol–water partition coefficient (Wildman–Crippen LogP) is 3.88. The molecule has 2 rings (SSSR count). The van der Waals surface area contributed by atoms with Crippen molar-refractivity contribution in [2.75, 3.05) is 0 Å². The van der Waals surface area contributed by atoms with Crippen molar-refractivity contribution in [3.05, 3.63) is 34.0 Å². The third-order valence-corrected chi connectivity index (χ3v) is 8.94. The molecule has 0 spiro atoms. The molecule has 5 nitrogen and oxygen atoms in total. The zero-order valence-corrected chi connectivity index (χ0v) is 14.9. The third kappa shape index (κ3) is 2.77. The number of fused-ring (bicyclic) bond motifs is 1. The fourth-order valence-electron chi connectivity index (χ4n) is 1.94. The van der Waals surface area contributed by atoms with Gasteiger partial charge >= 0.3 is 5.69 Å². The van der Waals surface area contributed by atoms with Crippen LogP contribution in [0.1, 0.15) is 26.3 Å². The summed E-state index contributed by atoms with van der Waals surface area (Å²) in [6, 6.07) is 3.56. The number of aryl methyl sites for hydroxylation is 1. The van der Waals surface area contributed by atoms with Gasteiger partial charge < -0.3 is 0 Å². The number of benzene rings is 1. The van der Waals surface area contributed by atoms with Crippen molar-refractivity contribution in [1.82, 2.24) is 9.78 Å². The van der Waals surface area contributed by atoms with Gasteiger partial charge in [0.15, 0.2) is 0 Å². The molecule has 0 aliphatic rings. The molecule has 1 aromatic carbocycles. The number of rotatable bonds is 1. The summed E-state index contributed by atoms with van der Waals surface area (Å²) in [5, 5.41) is 16.5. The summed E-state index contributed by atoms with van der Waals surface area (Å²) in [6.07, 6.45) is 1.63. The molecule has 0 atom stereocenters. The van der Waals surface area contributed by atoms with Crippen LogP contribution in [0.2, 0.25) is 18.1 Å². The summed E-state index contributed by atoms with van der Waals surface area (Å²) in [6.45, 7) is 10.9. The topological polar surface area (TPSA) is 61.0 Å². The fourth-order valence-corrected chi connectivity index (χ4v) is 2.77. The molecule has 2 aromatic rings. The van der Waals surface area contributed by atoms with E-state index in [2.05, 4.69) is 50.4 Å². The average Bonchev–Trinajstić information content (AvgIpc) is 2.76.